The number of aryl methyl sites for hydroxylation is 1. The molecule has 2 aromatic rings. The van der Waals surface area contributed by atoms with E-state index in [-0.39, 0.29) is 30.5 Å². The molecule has 3 N–H and O–H groups in total. The van der Waals surface area contributed by atoms with Crippen LogP contribution in [0.2, 0.25) is 5.02 Å². The summed E-state index contributed by atoms with van der Waals surface area (Å²) >= 11 is 5.86. The Labute approximate surface area is 196 Å². The van der Waals surface area contributed by atoms with Gasteiger partial charge < -0.3 is 20.3 Å². The molecule has 30 heavy (non-hydrogen) atoms. The molecule has 0 aliphatic heterocycles. The van der Waals surface area contributed by atoms with Gasteiger partial charge in [-0.15, -0.1) is 24.0 Å². The quantitative estimate of drug-likeness (QED) is 0.262. The molecule has 11 heteroatoms. The minimum Gasteiger partial charge on any atom is -0.374 e. The van der Waals surface area contributed by atoms with E-state index < -0.39 is 24.0 Å². The van der Waals surface area contributed by atoms with Crippen LogP contribution in [-0.4, -0.2) is 46.4 Å². The van der Waals surface area contributed by atoms with Crippen molar-refractivity contribution in [2.45, 2.75) is 31.5 Å². The molecule has 1 atom stereocenters. The van der Waals surface area contributed by atoms with Crippen molar-refractivity contribution in [1.82, 2.24) is 20.2 Å². The van der Waals surface area contributed by atoms with Crippen LogP contribution in [-0.2, 0) is 19.1 Å². The lowest BCUT2D eigenvalue weighted by Crippen LogP contribution is -2.45. The molecule has 1 aromatic carbocycles. The molecule has 2 rings (SSSR count). The van der Waals surface area contributed by atoms with Crippen molar-refractivity contribution in [2.24, 2.45) is 12.0 Å². The number of aliphatic imine (C=N–C) groups is 1. The van der Waals surface area contributed by atoms with Crippen LogP contribution in [0.25, 0.3) is 0 Å². The Bertz CT molecular complexity index is 813. The number of aliphatic hydroxyl groups is 1. The molecule has 0 radical (unpaired) electrons. The average molecular weight is 560 g/mol. The number of nitrogens with one attached hydrogen (secondary N) is 2. The smallest absolute Gasteiger partial charge is 0.374 e. The van der Waals surface area contributed by atoms with E-state index in [9.17, 15) is 18.3 Å². The zero-order chi connectivity index (χ0) is 21.5. The second-order valence-corrected chi connectivity index (χ2v) is 6.97. The number of benzene rings is 1. The third-order valence-electron chi connectivity index (χ3n) is 4.37. The SMILES string of the molecule is CCNC(=NCCC(O)(c1nccn1C)C(F)(F)F)NCCc1ccc(Cl)cc1.I. The standard InChI is InChI=1S/C19H25ClF3N5O.HI/c1-3-24-17(26-10-8-14-4-6-15(20)7-5-14)27-11-9-18(29,19(21,22)23)16-25-12-13-28(16)2;/h4-7,12-13,29H,3,8-11H2,1-2H3,(H2,24,26,27);1H. The highest BCUT2D eigenvalue weighted by atomic mass is 127. The van der Waals surface area contributed by atoms with E-state index >= 15 is 0 Å². The zero-order valence-corrected chi connectivity index (χ0v) is 19.8. The Morgan fingerprint density at radius 1 is 1.23 bits per heavy atom. The summed E-state index contributed by atoms with van der Waals surface area (Å²) in [5, 5.41) is 17.1. The number of alkyl halides is 3. The van der Waals surface area contributed by atoms with E-state index in [1.165, 1.54) is 19.4 Å². The fraction of sp³-hybridized carbons (Fsp3) is 0.474. The molecular formula is C19H26ClF3IN5O. The van der Waals surface area contributed by atoms with E-state index in [4.69, 9.17) is 11.6 Å². The molecule has 0 amide bonds. The first kappa shape index (κ1) is 26.5. The molecule has 0 aliphatic carbocycles. The predicted octanol–water partition coefficient (Wildman–Crippen LogP) is 3.63. The molecule has 6 nitrogen and oxygen atoms in total. The Hall–Kier alpha value is -1.53. The van der Waals surface area contributed by atoms with Gasteiger partial charge in [-0.05, 0) is 31.0 Å². The van der Waals surface area contributed by atoms with Gasteiger partial charge in [0.15, 0.2) is 5.96 Å². The summed E-state index contributed by atoms with van der Waals surface area (Å²) in [6.45, 7) is 2.71. The molecule has 1 unspecified atom stereocenters. The molecule has 0 saturated heterocycles. The van der Waals surface area contributed by atoms with Crippen LogP contribution >= 0.6 is 35.6 Å². The van der Waals surface area contributed by atoms with Gasteiger partial charge >= 0.3 is 6.18 Å². The van der Waals surface area contributed by atoms with E-state index in [1.54, 1.807) is 12.1 Å². The first-order valence-corrected chi connectivity index (χ1v) is 9.58. The maximum Gasteiger partial charge on any atom is 0.424 e. The van der Waals surface area contributed by atoms with Crippen LogP contribution in [0.15, 0.2) is 41.7 Å². The number of aromatic nitrogens is 2. The molecule has 0 fully saturated rings. The lowest BCUT2D eigenvalue weighted by molar-refractivity contribution is -0.272. The van der Waals surface area contributed by atoms with Gasteiger partial charge in [0.25, 0.3) is 0 Å². The Balaban J connectivity index is 0.00000450. The number of guanidine groups is 1. The Morgan fingerprint density at radius 2 is 1.90 bits per heavy atom. The minimum atomic E-state index is -4.87. The fourth-order valence-electron chi connectivity index (χ4n) is 2.79. The summed E-state index contributed by atoms with van der Waals surface area (Å²) < 4.78 is 41.8. The fourth-order valence-corrected chi connectivity index (χ4v) is 2.92. The lowest BCUT2D eigenvalue weighted by atomic mass is 9.98. The van der Waals surface area contributed by atoms with Crippen molar-refractivity contribution in [3.63, 3.8) is 0 Å². The first-order valence-electron chi connectivity index (χ1n) is 9.21. The summed E-state index contributed by atoms with van der Waals surface area (Å²) in [6, 6.07) is 7.41. The maximum atomic E-state index is 13.5. The molecular weight excluding hydrogens is 534 g/mol. The summed E-state index contributed by atoms with van der Waals surface area (Å²) in [5.74, 6) is -0.0771. The molecule has 0 saturated carbocycles. The monoisotopic (exact) mass is 559 g/mol. The summed E-state index contributed by atoms with van der Waals surface area (Å²) in [6.07, 6.45) is -2.24. The predicted molar refractivity (Wildman–Crippen MR) is 122 cm³/mol. The van der Waals surface area contributed by atoms with Gasteiger partial charge in [0.05, 0.1) is 0 Å². The van der Waals surface area contributed by atoms with Gasteiger partial charge in [0, 0.05) is 50.5 Å². The molecule has 0 spiro atoms. The highest BCUT2D eigenvalue weighted by Crippen LogP contribution is 2.40. The van der Waals surface area contributed by atoms with Gasteiger partial charge in [-0.1, -0.05) is 23.7 Å². The minimum absolute atomic E-state index is 0. The summed E-state index contributed by atoms with van der Waals surface area (Å²) in [5.41, 5.74) is -2.01. The Kier molecular flexibility index (Phi) is 10.4. The maximum absolute atomic E-state index is 13.5. The van der Waals surface area contributed by atoms with E-state index in [0.29, 0.717) is 30.5 Å². The summed E-state index contributed by atoms with van der Waals surface area (Å²) in [4.78, 5) is 7.85. The third kappa shape index (κ3) is 7.02. The highest BCUT2D eigenvalue weighted by Gasteiger charge is 2.57. The zero-order valence-electron chi connectivity index (χ0n) is 16.7. The van der Waals surface area contributed by atoms with Crippen LogP contribution < -0.4 is 10.6 Å². The number of imidazole rings is 1. The van der Waals surface area contributed by atoms with Crippen molar-refractivity contribution in [3.8, 4) is 0 Å². The van der Waals surface area contributed by atoms with Gasteiger partial charge in [-0.3, -0.25) is 4.99 Å². The van der Waals surface area contributed by atoms with Gasteiger partial charge in [-0.2, -0.15) is 13.2 Å². The average Bonchev–Trinajstić information content (AvgIpc) is 3.08. The van der Waals surface area contributed by atoms with Crippen LogP contribution in [0.3, 0.4) is 0 Å². The molecule has 168 valence electrons. The second kappa shape index (κ2) is 11.8. The Morgan fingerprint density at radius 3 is 2.43 bits per heavy atom. The van der Waals surface area contributed by atoms with Crippen LogP contribution in [0.4, 0.5) is 13.2 Å². The first-order chi connectivity index (χ1) is 13.7. The number of nitrogens with zero attached hydrogens (tertiary/aromatic N) is 3. The normalized spacial score (nSPS) is 14.0. The van der Waals surface area contributed by atoms with Crippen molar-refractivity contribution in [1.29, 1.82) is 0 Å². The number of hydrogen-bond acceptors (Lipinski definition) is 3. The van der Waals surface area contributed by atoms with E-state index in [0.717, 1.165) is 10.1 Å². The molecule has 1 aromatic heterocycles. The highest BCUT2D eigenvalue weighted by molar-refractivity contribution is 14.0. The van der Waals surface area contributed by atoms with Crippen molar-refractivity contribution in [3.05, 3.63) is 53.1 Å². The van der Waals surface area contributed by atoms with Crippen molar-refractivity contribution < 1.29 is 18.3 Å². The lowest BCUT2D eigenvalue weighted by Gasteiger charge is -2.29. The number of halogens is 5. The van der Waals surface area contributed by atoms with Crippen LogP contribution in [0.1, 0.15) is 24.7 Å². The van der Waals surface area contributed by atoms with Gasteiger partial charge in [-0.25, -0.2) is 4.98 Å². The van der Waals surface area contributed by atoms with Crippen LogP contribution in [0, 0.1) is 0 Å². The number of rotatable bonds is 8. The van der Waals surface area contributed by atoms with Crippen LogP contribution in [0.5, 0.6) is 0 Å². The van der Waals surface area contributed by atoms with Crippen molar-refractivity contribution >= 4 is 41.5 Å². The summed E-state index contributed by atoms with van der Waals surface area (Å²) in [7, 11) is 1.41. The van der Waals surface area contributed by atoms with Gasteiger partial charge in [0.2, 0.25) is 5.60 Å². The second-order valence-electron chi connectivity index (χ2n) is 6.53. The van der Waals surface area contributed by atoms with Gasteiger partial charge in [0.1, 0.15) is 5.82 Å². The molecule has 0 aliphatic rings. The number of hydrogen-bond donors (Lipinski definition) is 3. The largest absolute Gasteiger partial charge is 0.424 e. The van der Waals surface area contributed by atoms with E-state index in [1.807, 2.05) is 19.1 Å². The third-order valence-corrected chi connectivity index (χ3v) is 4.62. The molecule has 0 bridgehead atoms. The molecule has 1 heterocycles. The van der Waals surface area contributed by atoms with E-state index in [2.05, 4.69) is 20.6 Å². The van der Waals surface area contributed by atoms with Crippen molar-refractivity contribution in [2.75, 3.05) is 19.6 Å². The topological polar surface area (TPSA) is 74.5 Å².